The van der Waals surface area contributed by atoms with E-state index in [2.05, 4.69) is 22.6 Å². The number of nitrogens with zero attached hydrogens (tertiary/aromatic N) is 2. The lowest BCUT2D eigenvalue weighted by Gasteiger charge is -2.20. The largest absolute Gasteiger partial charge is 0.366 e. The molecule has 2 atom stereocenters. The van der Waals surface area contributed by atoms with Crippen molar-refractivity contribution in [2.75, 3.05) is 11.6 Å². The minimum Gasteiger partial charge on any atom is -0.366 e. The SMILES string of the molecule is CSC1CCCC1Nc1cc(C#N)cc(C)n1. The van der Waals surface area contributed by atoms with E-state index in [1.165, 1.54) is 19.3 Å². The molecule has 2 unspecified atom stereocenters. The van der Waals surface area contributed by atoms with Crippen LogP contribution in [0.15, 0.2) is 12.1 Å². The third-order valence-corrected chi connectivity index (χ3v) is 4.34. The molecule has 0 aliphatic heterocycles. The van der Waals surface area contributed by atoms with Crippen molar-refractivity contribution in [1.29, 1.82) is 5.26 Å². The minimum atomic E-state index is 0.492. The monoisotopic (exact) mass is 247 g/mol. The number of hydrogen-bond acceptors (Lipinski definition) is 4. The van der Waals surface area contributed by atoms with Crippen molar-refractivity contribution in [3.8, 4) is 6.07 Å². The highest BCUT2D eigenvalue weighted by molar-refractivity contribution is 7.99. The summed E-state index contributed by atoms with van der Waals surface area (Å²) in [4.78, 5) is 4.44. The molecule has 2 rings (SSSR count). The molecule has 3 nitrogen and oxygen atoms in total. The maximum Gasteiger partial charge on any atom is 0.127 e. The predicted octanol–water partition coefficient (Wildman–Crippen LogP) is 2.96. The van der Waals surface area contributed by atoms with Gasteiger partial charge < -0.3 is 5.32 Å². The molecule has 0 spiro atoms. The topological polar surface area (TPSA) is 48.7 Å². The van der Waals surface area contributed by atoms with Gasteiger partial charge in [0.25, 0.3) is 0 Å². The van der Waals surface area contributed by atoms with E-state index in [9.17, 15) is 0 Å². The van der Waals surface area contributed by atoms with E-state index < -0.39 is 0 Å². The molecule has 1 heterocycles. The molecule has 17 heavy (non-hydrogen) atoms. The van der Waals surface area contributed by atoms with Crippen LogP contribution in [0, 0.1) is 18.3 Å². The summed E-state index contributed by atoms with van der Waals surface area (Å²) in [6, 6.07) is 6.31. The smallest absolute Gasteiger partial charge is 0.127 e. The van der Waals surface area contributed by atoms with Gasteiger partial charge in [-0.3, -0.25) is 0 Å². The third kappa shape index (κ3) is 2.92. The summed E-state index contributed by atoms with van der Waals surface area (Å²) < 4.78 is 0. The normalized spacial score (nSPS) is 23.4. The van der Waals surface area contributed by atoms with Crippen molar-refractivity contribution in [3.05, 3.63) is 23.4 Å². The number of nitrogens with one attached hydrogen (secondary N) is 1. The highest BCUT2D eigenvalue weighted by Crippen LogP contribution is 2.30. The lowest BCUT2D eigenvalue weighted by atomic mass is 10.2. The third-order valence-electron chi connectivity index (χ3n) is 3.17. The fourth-order valence-electron chi connectivity index (χ4n) is 2.37. The zero-order valence-electron chi connectivity index (χ0n) is 10.2. The first-order valence-electron chi connectivity index (χ1n) is 5.91. The Hall–Kier alpha value is -1.21. The zero-order valence-corrected chi connectivity index (χ0v) is 11.0. The fraction of sp³-hybridized carbons (Fsp3) is 0.538. The van der Waals surface area contributed by atoms with Crippen molar-refractivity contribution >= 4 is 17.6 Å². The van der Waals surface area contributed by atoms with Gasteiger partial charge in [-0.2, -0.15) is 17.0 Å². The van der Waals surface area contributed by atoms with Crippen LogP contribution in [-0.2, 0) is 0 Å². The number of aromatic nitrogens is 1. The van der Waals surface area contributed by atoms with Gasteiger partial charge in [0.1, 0.15) is 5.82 Å². The molecule has 1 aromatic heterocycles. The molecule has 0 aromatic carbocycles. The van der Waals surface area contributed by atoms with Crippen LogP contribution in [0.2, 0.25) is 0 Å². The summed E-state index contributed by atoms with van der Waals surface area (Å²) in [6.07, 6.45) is 5.91. The van der Waals surface area contributed by atoms with Crippen LogP contribution in [-0.4, -0.2) is 22.5 Å². The van der Waals surface area contributed by atoms with Crippen LogP contribution in [0.25, 0.3) is 0 Å². The first-order valence-corrected chi connectivity index (χ1v) is 7.20. The van der Waals surface area contributed by atoms with Crippen molar-refractivity contribution in [3.63, 3.8) is 0 Å². The lowest BCUT2D eigenvalue weighted by Crippen LogP contribution is -2.26. The highest BCUT2D eigenvalue weighted by atomic mass is 32.2. The number of rotatable bonds is 3. The molecule has 1 saturated carbocycles. The van der Waals surface area contributed by atoms with E-state index in [1.807, 2.05) is 30.8 Å². The second-order valence-corrected chi connectivity index (χ2v) is 5.53. The molecule has 1 N–H and O–H groups in total. The Bertz CT molecular complexity index is 439. The Kier molecular flexibility index (Phi) is 3.90. The number of nitriles is 1. The van der Waals surface area contributed by atoms with Crippen LogP contribution in [0.3, 0.4) is 0 Å². The van der Waals surface area contributed by atoms with Gasteiger partial charge >= 0.3 is 0 Å². The van der Waals surface area contributed by atoms with E-state index in [0.29, 0.717) is 16.9 Å². The van der Waals surface area contributed by atoms with Crippen LogP contribution >= 0.6 is 11.8 Å². The second-order valence-electron chi connectivity index (χ2n) is 4.45. The number of hydrogen-bond donors (Lipinski definition) is 1. The van der Waals surface area contributed by atoms with Gasteiger partial charge in [-0.1, -0.05) is 6.42 Å². The highest BCUT2D eigenvalue weighted by Gasteiger charge is 2.26. The number of thioether (sulfide) groups is 1. The maximum atomic E-state index is 8.94. The Morgan fingerprint density at radius 3 is 3.00 bits per heavy atom. The Balaban J connectivity index is 2.13. The molecule has 90 valence electrons. The molecule has 1 aliphatic carbocycles. The average molecular weight is 247 g/mol. The van der Waals surface area contributed by atoms with Crippen LogP contribution in [0.4, 0.5) is 5.82 Å². The van der Waals surface area contributed by atoms with Crippen molar-refractivity contribution in [2.45, 2.75) is 37.5 Å². The van der Waals surface area contributed by atoms with E-state index >= 15 is 0 Å². The van der Waals surface area contributed by atoms with Gasteiger partial charge in [0.2, 0.25) is 0 Å². The first kappa shape index (κ1) is 12.3. The van der Waals surface area contributed by atoms with Gasteiger partial charge in [-0.25, -0.2) is 4.98 Å². The summed E-state index contributed by atoms with van der Waals surface area (Å²) in [5, 5.41) is 13.1. The van der Waals surface area contributed by atoms with E-state index in [4.69, 9.17) is 5.26 Å². The van der Waals surface area contributed by atoms with Crippen molar-refractivity contribution in [1.82, 2.24) is 4.98 Å². The maximum absolute atomic E-state index is 8.94. The Morgan fingerprint density at radius 2 is 2.29 bits per heavy atom. The van der Waals surface area contributed by atoms with Crippen LogP contribution < -0.4 is 5.32 Å². The standard InChI is InChI=1S/C13H17N3S/c1-9-6-10(8-14)7-13(15-9)16-11-4-3-5-12(11)17-2/h6-7,11-12H,3-5H2,1-2H3,(H,15,16). The summed E-state index contributed by atoms with van der Waals surface area (Å²) in [5.41, 5.74) is 1.57. The summed E-state index contributed by atoms with van der Waals surface area (Å²) in [5.74, 6) is 0.840. The first-order chi connectivity index (χ1) is 8.22. The Labute approximate surface area is 107 Å². The van der Waals surface area contributed by atoms with Crippen molar-refractivity contribution < 1.29 is 0 Å². The van der Waals surface area contributed by atoms with Crippen LogP contribution in [0.1, 0.15) is 30.5 Å². The fourth-order valence-corrected chi connectivity index (χ4v) is 3.31. The summed E-state index contributed by atoms with van der Waals surface area (Å²) in [6.45, 7) is 1.92. The number of pyridine rings is 1. The molecule has 0 amide bonds. The number of anilines is 1. The van der Waals surface area contributed by atoms with Crippen molar-refractivity contribution in [2.24, 2.45) is 0 Å². The molecule has 0 saturated heterocycles. The Morgan fingerprint density at radius 1 is 1.47 bits per heavy atom. The molecular weight excluding hydrogens is 230 g/mol. The van der Waals surface area contributed by atoms with Gasteiger partial charge in [0.05, 0.1) is 11.6 Å². The molecule has 1 fully saturated rings. The molecule has 0 bridgehead atoms. The van der Waals surface area contributed by atoms with Gasteiger partial charge in [-0.05, 0) is 38.2 Å². The van der Waals surface area contributed by atoms with E-state index in [1.54, 1.807) is 0 Å². The van der Waals surface area contributed by atoms with Gasteiger partial charge in [0, 0.05) is 17.0 Å². The van der Waals surface area contributed by atoms with E-state index in [-0.39, 0.29) is 0 Å². The quantitative estimate of drug-likeness (QED) is 0.892. The summed E-state index contributed by atoms with van der Waals surface area (Å²) in [7, 11) is 0. The predicted molar refractivity (Wildman–Crippen MR) is 72.3 cm³/mol. The number of aryl methyl sites for hydroxylation is 1. The average Bonchev–Trinajstić information content (AvgIpc) is 2.75. The molecule has 1 aromatic rings. The molecule has 4 heteroatoms. The van der Waals surface area contributed by atoms with E-state index in [0.717, 1.165) is 11.5 Å². The lowest BCUT2D eigenvalue weighted by molar-refractivity contribution is 0.762. The minimum absolute atomic E-state index is 0.492. The van der Waals surface area contributed by atoms with Gasteiger partial charge in [-0.15, -0.1) is 0 Å². The molecular formula is C13H17N3S. The van der Waals surface area contributed by atoms with Crippen LogP contribution in [0.5, 0.6) is 0 Å². The zero-order chi connectivity index (χ0) is 12.3. The second kappa shape index (κ2) is 5.42. The molecule has 0 radical (unpaired) electrons. The summed E-state index contributed by atoms with van der Waals surface area (Å²) >= 11 is 1.92. The van der Waals surface area contributed by atoms with Gasteiger partial charge in [0.15, 0.2) is 0 Å². The molecule has 1 aliphatic rings.